The fourth-order valence-corrected chi connectivity index (χ4v) is 2.96. The van der Waals surface area contributed by atoms with Crippen molar-refractivity contribution in [2.24, 2.45) is 5.92 Å². The number of hydrogen-bond acceptors (Lipinski definition) is 5. The zero-order chi connectivity index (χ0) is 16.7. The lowest BCUT2D eigenvalue weighted by Crippen LogP contribution is -2.14. The third-order valence-electron chi connectivity index (χ3n) is 4.38. The van der Waals surface area contributed by atoms with Crippen LogP contribution in [-0.4, -0.2) is 33.8 Å². The molecule has 0 radical (unpaired) electrons. The number of hydrogen-bond donors (Lipinski definition) is 1. The van der Waals surface area contributed by atoms with Crippen molar-refractivity contribution in [1.29, 1.82) is 0 Å². The van der Waals surface area contributed by atoms with Crippen LogP contribution in [0.15, 0.2) is 30.5 Å². The van der Waals surface area contributed by atoms with Crippen LogP contribution in [0.5, 0.6) is 0 Å². The van der Waals surface area contributed by atoms with Crippen LogP contribution < -0.4 is 10.2 Å². The van der Waals surface area contributed by atoms with Crippen molar-refractivity contribution in [3.05, 3.63) is 36.0 Å². The second kappa shape index (κ2) is 5.78. The molecule has 0 saturated heterocycles. The number of rotatable bonds is 5. The van der Waals surface area contributed by atoms with Gasteiger partial charge in [0, 0.05) is 37.8 Å². The van der Waals surface area contributed by atoms with Crippen molar-refractivity contribution in [2.75, 3.05) is 24.3 Å². The van der Waals surface area contributed by atoms with Crippen LogP contribution >= 0.6 is 0 Å². The predicted molar refractivity (Wildman–Crippen MR) is 96.8 cm³/mol. The number of anilines is 3. The highest BCUT2D eigenvalue weighted by molar-refractivity contribution is 5.91. The first-order valence-corrected chi connectivity index (χ1v) is 8.35. The van der Waals surface area contributed by atoms with Crippen molar-refractivity contribution in [2.45, 2.75) is 26.3 Å². The summed E-state index contributed by atoms with van der Waals surface area (Å²) in [5.74, 6) is 3.08. The first kappa shape index (κ1) is 14.9. The SMILES string of the molecule is Cc1cnc(Nc2nn(CC3CC3)c3ccccc23)nc1N(C)C. The van der Waals surface area contributed by atoms with Gasteiger partial charge in [-0.15, -0.1) is 0 Å². The zero-order valence-electron chi connectivity index (χ0n) is 14.3. The lowest BCUT2D eigenvalue weighted by molar-refractivity contribution is 0.582. The minimum Gasteiger partial charge on any atom is -0.362 e. The van der Waals surface area contributed by atoms with Gasteiger partial charge in [-0.05, 0) is 37.8 Å². The average molecular weight is 322 g/mol. The van der Waals surface area contributed by atoms with E-state index in [9.17, 15) is 0 Å². The van der Waals surface area contributed by atoms with Gasteiger partial charge in [0.2, 0.25) is 5.95 Å². The smallest absolute Gasteiger partial charge is 0.230 e. The Morgan fingerprint density at radius 3 is 2.79 bits per heavy atom. The summed E-state index contributed by atoms with van der Waals surface area (Å²) in [4.78, 5) is 11.0. The lowest BCUT2D eigenvalue weighted by Gasteiger charge is -2.14. The van der Waals surface area contributed by atoms with Gasteiger partial charge in [0.05, 0.1) is 5.52 Å². The first-order valence-electron chi connectivity index (χ1n) is 8.35. The first-order chi connectivity index (χ1) is 11.6. The molecule has 2 heterocycles. The van der Waals surface area contributed by atoms with Gasteiger partial charge in [0.1, 0.15) is 5.82 Å². The molecule has 6 heteroatoms. The Bertz CT molecular complexity index is 878. The summed E-state index contributed by atoms with van der Waals surface area (Å²) in [6.07, 6.45) is 4.46. The molecule has 0 unspecified atom stereocenters. The van der Waals surface area contributed by atoms with Gasteiger partial charge >= 0.3 is 0 Å². The lowest BCUT2D eigenvalue weighted by atomic mass is 10.2. The van der Waals surface area contributed by atoms with Crippen molar-refractivity contribution >= 4 is 28.5 Å². The Balaban J connectivity index is 1.70. The van der Waals surface area contributed by atoms with E-state index < -0.39 is 0 Å². The third kappa shape index (κ3) is 2.79. The van der Waals surface area contributed by atoms with E-state index in [2.05, 4.69) is 38.2 Å². The minimum absolute atomic E-state index is 0.575. The van der Waals surface area contributed by atoms with Crippen molar-refractivity contribution < 1.29 is 0 Å². The topological polar surface area (TPSA) is 58.9 Å². The Kier molecular flexibility index (Phi) is 3.59. The fraction of sp³-hybridized carbons (Fsp3) is 0.389. The molecule has 124 valence electrons. The third-order valence-corrected chi connectivity index (χ3v) is 4.38. The van der Waals surface area contributed by atoms with Gasteiger partial charge in [0.25, 0.3) is 0 Å². The molecule has 1 aliphatic carbocycles. The maximum Gasteiger partial charge on any atom is 0.230 e. The minimum atomic E-state index is 0.575. The number of nitrogens with one attached hydrogen (secondary N) is 1. The zero-order valence-corrected chi connectivity index (χ0v) is 14.3. The summed E-state index contributed by atoms with van der Waals surface area (Å²) in [7, 11) is 3.97. The molecule has 0 spiro atoms. The van der Waals surface area contributed by atoms with E-state index in [1.807, 2.05) is 38.2 Å². The molecule has 3 aromatic rings. The second-order valence-electron chi connectivity index (χ2n) is 6.71. The Hall–Kier alpha value is -2.63. The van der Waals surface area contributed by atoms with Gasteiger partial charge in [0.15, 0.2) is 5.82 Å². The van der Waals surface area contributed by atoms with Gasteiger partial charge in [-0.25, -0.2) is 4.98 Å². The van der Waals surface area contributed by atoms with E-state index in [0.717, 1.165) is 40.6 Å². The van der Waals surface area contributed by atoms with E-state index >= 15 is 0 Å². The maximum absolute atomic E-state index is 4.77. The van der Waals surface area contributed by atoms with Crippen molar-refractivity contribution in [3.8, 4) is 0 Å². The average Bonchev–Trinajstić information content (AvgIpc) is 3.32. The normalized spacial score (nSPS) is 14.1. The summed E-state index contributed by atoms with van der Waals surface area (Å²) >= 11 is 0. The summed E-state index contributed by atoms with van der Waals surface area (Å²) in [6, 6.07) is 8.31. The highest BCUT2D eigenvalue weighted by Crippen LogP contribution is 2.33. The molecule has 0 aliphatic heterocycles. The molecule has 1 fully saturated rings. The molecular formula is C18H22N6. The van der Waals surface area contributed by atoms with Gasteiger partial charge < -0.3 is 10.2 Å². The quantitative estimate of drug-likeness (QED) is 0.780. The highest BCUT2D eigenvalue weighted by Gasteiger charge is 2.23. The number of nitrogens with zero attached hydrogens (tertiary/aromatic N) is 5. The Morgan fingerprint density at radius 1 is 1.25 bits per heavy atom. The monoisotopic (exact) mass is 322 g/mol. The Morgan fingerprint density at radius 2 is 2.04 bits per heavy atom. The van der Waals surface area contributed by atoms with Crippen molar-refractivity contribution in [3.63, 3.8) is 0 Å². The molecule has 2 aromatic heterocycles. The number of para-hydroxylation sites is 1. The van der Waals surface area contributed by atoms with Crippen LogP contribution in [0.1, 0.15) is 18.4 Å². The number of fused-ring (bicyclic) bond motifs is 1. The largest absolute Gasteiger partial charge is 0.362 e. The predicted octanol–water partition coefficient (Wildman–Crippen LogP) is 3.35. The van der Waals surface area contributed by atoms with Crippen LogP contribution in [0.2, 0.25) is 0 Å². The van der Waals surface area contributed by atoms with Gasteiger partial charge in [-0.1, -0.05) is 12.1 Å². The standard InChI is InChI=1S/C18H22N6/c1-12-10-19-18(21-17(12)23(2)3)20-16-14-6-4-5-7-15(14)24(22-16)11-13-8-9-13/h4-7,10,13H,8-9,11H2,1-3H3,(H,19,20,21,22). The molecule has 1 N–H and O–H groups in total. The number of aryl methyl sites for hydroxylation is 1. The molecule has 4 rings (SSSR count). The maximum atomic E-state index is 4.77. The molecule has 24 heavy (non-hydrogen) atoms. The molecule has 0 atom stereocenters. The molecule has 1 aromatic carbocycles. The second-order valence-corrected chi connectivity index (χ2v) is 6.71. The van der Waals surface area contributed by atoms with Crippen molar-refractivity contribution in [1.82, 2.24) is 19.7 Å². The summed E-state index contributed by atoms with van der Waals surface area (Å²) in [6.45, 7) is 3.00. The summed E-state index contributed by atoms with van der Waals surface area (Å²) < 4.78 is 2.11. The van der Waals surface area contributed by atoms with E-state index in [4.69, 9.17) is 5.10 Å². The van der Waals surface area contributed by atoms with Crippen LogP contribution in [-0.2, 0) is 6.54 Å². The molecule has 0 bridgehead atoms. The van der Waals surface area contributed by atoms with Crippen LogP contribution in [0.25, 0.3) is 10.9 Å². The number of benzene rings is 1. The van der Waals surface area contributed by atoms with Crippen LogP contribution in [0, 0.1) is 12.8 Å². The fourth-order valence-electron chi connectivity index (χ4n) is 2.96. The van der Waals surface area contributed by atoms with Crippen LogP contribution in [0.3, 0.4) is 0 Å². The summed E-state index contributed by atoms with van der Waals surface area (Å²) in [5, 5.41) is 9.18. The molecule has 1 aliphatic rings. The molecule has 1 saturated carbocycles. The Labute approximate surface area is 141 Å². The van der Waals surface area contributed by atoms with Crippen LogP contribution in [0.4, 0.5) is 17.6 Å². The van der Waals surface area contributed by atoms with E-state index in [1.165, 1.54) is 12.8 Å². The van der Waals surface area contributed by atoms with E-state index in [-0.39, 0.29) is 0 Å². The van der Waals surface area contributed by atoms with Gasteiger partial charge in [-0.3, -0.25) is 4.68 Å². The van der Waals surface area contributed by atoms with Gasteiger partial charge in [-0.2, -0.15) is 10.1 Å². The van der Waals surface area contributed by atoms with E-state index in [0.29, 0.717) is 5.95 Å². The summed E-state index contributed by atoms with van der Waals surface area (Å²) in [5.41, 5.74) is 2.21. The molecule has 6 nitrogen and oxygen atoms in total. The molecular weight excluding hydrogens is 300 g/mol. The number of aromatic nitrogens is 4. The highest BCUT2D eigenvalue weighted by atomic mass is 15.3. The molecule has 0 amide bonds. The van der Waals surface area contributed by atoms with E-state index in [1.54, 1.807) is 0 Å².